The van der Waals surface area contributed by atoms with E-state index in [0.717, 1.165) is 25.8 Å². The van der Waals surface area contributed by atoms with Gasteiger partial charge in [0.2, 0.25) is 5.91 Å². The van der Waals surface area contributed by atoms with Crippen molar-refractivity contribution in [3.05, 3.63) is 35.4 Å². The standard InChI is InChI=1S/C17H26N2O/c1-14-6-5-7-15(12-14)10-11-18-13-17(20)19-16-8-3-2-4-9-16/h5-7,12,16,18H,2-4,8-11,13H2,1H3,(H,19,20). The van der Waals surface area contributed by atoms with E-state index in [4.69, 9.17) is 0 Å². The van der Waals surface area contributed by atoms with Crippen LogP contribution in [-0.4, -0.2) is 25.0 Å². The number of hydrogen-bond donors (Lipinski definition) is 2. The maximum absolute atomic E-state index is 11.8. The highest BCUT2D eigenvalue weighted by molar-refractivity contribution is 5.78. The van der Waals surface area contributed by atoms with Crippen LogP contribution in [0.15, 0.2) is 24.3 Å². The Morgan fingerprint density at radius 2 is 2.05 bits per heavy atom. The molecule has 0 saturated heterocycles. The van der Waals surface area contributed by atoms with E-state index in [1.54, 1.807) is 0 Å². The van der Waals surface area contributed by atoms with E-state index >= 15 is 0 Å². The van der Waals surface area contributed by atoms with Gasteiger partial charge in [0.1, 0.15) is 0 Å². The van der Waals surface area contributed by atoms with Crippen LogP contribution in [0, 0.1) is 6.92 Å². The average Bonchev–Trinajstić information content (AvgIpc) is 2.45. The first-order chi connectivity index (χ1) is 9.74. The number of nitrogens with one attached hydrogen (secondary N) is 2. The summed E-state index contributed by atoms with van der Waals surface area (Å²) in [5.41, 5.74) is 2.61. The lowest BCUT2D eigenvalue weighted by molar-refractivity contribution is -0.121. The van der Waals surface area contributed by atoms with E-state index in [0.29, 0.717) is 12.6 Å². The molecule has 0 aromatic heterocycles. The van der Waals surface area contributed by atoms with Gasteiger partial charge in [-0.25, -0.2) is 0 Å². The average molecular weight is 274 g/mol. The van der Waals surface area contributed by atoms with Gasteiger partial charge < -0.3 is 10.6 Å². The maximum atomic E-state index is 11.8. The molecule has 0 heterocycles. The number of carbonyl (C=O) groups is 1. The van der Waals surface area contributed by atoms with Crippen molar-refractivity contribution in [1.29, 1.82) is 0 Å². The first kappa shape index (κ1) is 15.0. The molecule has 1 aliphatic carbocycles. The SMILES string of the molecule is Cc1cccc(CCNCC(=O)NC2CCCCC2)c1. The molecule has 1 aromatic carbocycles. The lowest BCUT2D eigenvalue weighted by Gasteiger charge is -2.22. The molecule has 2 N–H and O–H groups in total. The van der Waals surface area contributed by atoms with Gasteiger partial charge in [0.15, 0.2) is 0 Å². The van der Waals surface area contributed by atoms with Crippen LogP contribution < -0.4 is 10.6 Å². The van der Waals surface area contributed by atoms with Crippen molar-refractivity contribution in [2.45, 2.75) is 51.5 Å². The van der Waals surface area contributed by atoms with E-state index < -0.39 is 0 Å². The minimum absolute atomic E-state index is 0.140. The van der Waals surface area contributed by atoms with Gasteiger partial charge in [0.05, 0.1) is 6.54 Å². The maximum Gasteiger partial charge on any atom is 0.234 e. The Morgan fingerprint density at radius 1 is 1.25 bits per heavy atom. The number of carbonyl (C=O) groups excluding carboxylic acids is 1. The van der Waals surface area contributed by atoms with E-state index in [-0.39, 0.29) is 5.91 Å². The van der Waals surface area contributed by atoms with Crippen molar-refractivity contribution < 1.29 is 4.79 Å². The molecule has 1 saturated carbocycles. The van der Waals surface area contributed by atoms with Gasteiger partial charge in [-0.3, -0.25) is 4.79 Å². The fourth-order valence-corrected chi connectivity index (χ4v) is 2.83. The molecule has 1 aliphatic rings. The third-order valence-corrected chi connectivity index (χ3v) is 3.93. The van der Waals surface area contributed by atoms with E-state index in [9.17, 15) is 4.79 Å². The van der Waals surface area contributed by atoms with Crippen LogP contribution in [0.1, 0.15) is 43.2 Å². The van der Waals surface area contributed by atoms with Gasteiger partial charge in [-0.15, -0.1) is 0 Å². The van der Waals surface area contributed by atoms with Gasteiger partial charge >= 0.3 is 0 Å². The van der Waals surface area contributed by atoms with Gasteiger partial charge in [-0.05, 0) is 38.3 Å². The molecule has 20 heavy (non-hydrogen) atoms. The number of benzene rings is 1. The van der Waals surface area contributed by atoms with E-state index in [2.05, 4.69) is 41.8 Å². The Bertz CT molecular complexity index is 425. The third-order valence-electron chi connectivity index (χ3n) is 3.93. The molecular formula is C17H26N2O. The Labute approximate surface area is 122 Å². The predicted octanol–water partition coefficient (Wildman–Crippen LogP) is 2.58. The Morgan fingerprint density at radius 3 is 2.80 bits per heavy atom. The first-order valence-electron chi connectivity index (χ1n) is 7.79. The van der Waals surface area contributed by atoms with Crippen LogP contribution in [-0.2, 0) is 11.2 Å². The number of hydrogen-bond acceptors (Lipinski definition) is 2. The molecule has 1 fully saturated rings. The summed E-state index contributed by atoms with van der Waals surface area (Å²) in [6.07, 6.45) is 7.10. The van der Waals surface area contributed by atoms with Crippen molar-refractivity contribution in [2.75, 3.05) is 13.1 Å². The molecule has 0 radical (unpaired) electrons. The molecule has 0 atom stereocenters. The molecule has 3 nitrogen and oxygen atoms in total. The normalized spacial score (nSPS) is 16.1. The molecule has 1 aromatic rings. The highest BCUT2D eigenvalue weighted by Gasteiger charge is 2.14. The Balaban J connectivity index is 1.59. The summed E-state index contributed by atoms with van der Waals surface area (Å²) in [6, 6.07) is 8.94. The minimum Gasteiger partial charge on any atom is -0.352 e. The second-order valence-electron chi connectivity index (χ2n) is 5.82. The summed E-state index contributed by atoms with van der Waals surface area (Å²) in [5.74, 6) is 0.140. The summed E-state index contributed by atoms with van der Waals surface area (Å²) in [7, 11) is 0. The van der Waals surface area contributed by atoms with Crippen molar-refractivity contribution in [3.8, 4) is 0 Å². The first-order valence-corrected chi connectivity index (χ1v) is 7.79. The van der Waals surface area contributed by atoms with Crippen LogP contribution in [0.5, 0.6) is 0 Å². The fourth-order valence-electron chi connectivity index (χ4n) is 2.83. The van der Waals surface area contributed by atoms with Crippen LogP contribution in [0.2, 0.25) is 0 Å². The molecule has 1 amide bonds. The number of amides is 1. The lowest BCUT2D eigenvalue weighted by Crippen LogP contribution is -2.41. The summed E-state index contributed by atoms with van der Waals surface area (Å²) in [5, 5.41) is 6.36. The zero-order valence-electron chi connectivity index (χ0n) is 12.5. The summed E-state index contributed by atoms with van der Waals surface area (Å²) in [4.78, 5) is 11.8. The smallest absolute Gasteiger partial charge is 0.234 e. The zero-order valence-corrected chi connectivity index (χ0v) is 12.5. The van der Waals surface area contributed by atoms with Crippen LogP contribution >= 0.6 is 0 Å². The monoisotopic (exact) mass is 274 g/mol. The molecule has 0 bridgehead atoms. The quantitative estimate of drug-likeness (QED) is 0.783. The van der Waals surface area contributed by atoms with Crippen molar-refractivity contribution in [2.24, 2.45) is 0 Å². The van der Waals surface area contributed by atoms with Crippen LogP contribution in [0.4, 0.5) is 0 Å². The van der Waals surface area contributed by atoms with Gasteiger partial charge in [0, 0.05) is 6.04 Å². The van der Waals surface area contributed by atoms with Crippen molar-refractivity contribution >= 4 is 5.91 Å². The Kier molecular flexibility index (Phi) is 6.06. The molecule has 110 valence electrons. The van der Waals surface area contributed by atoms with Gasteiger partial charge in [0.25, 0.3) is 0 Å². The van der Waals surface area contributed by atoms with E-state index in [1.165, 1.54) is 30.4 Å². The van der Waals surface area contributed by atoms with Crippen molar-refractivity contribution in [3.63, 3.8) is 0 Å². The number of aryl methyl sites for hydroxylation is 1. The van der Waals surface area contributed by atoms with Crippen molar-refractivity contribution in [1.82, 2.24) is 10.6 Å². The zero-order chi connectivity index (χ0) is 14.2. The molecular weight excluding hydrogens is 248 g/mol. The molecule has 0 aliphatic heterocycles. The second kappa shape index (κ2) is 8.05. The second-order valence-corrected chi connectivity index (χ2v) is 5.82. The molecule has 3 heteroatoms. The van der Waals surface area contributed by atoms with Gasteiger partial charge in [-0.1, -0.05) is 49.1 Å². The molecule has 2 rings (SSSR count). The summed E-state index contributed by atoms with van der Waals surface area (Å²) < 4.78 is 0. The lowest BCUT2D eigenvalue weighted by atomic mass is 9.95. The topological polar surface area (TPSA) is 41.1 Å². The summed E-state index contributed by atoms with van der Waals surface area (Å²) >= 11 is 0. The highest BCUT2D eigenvalue weighted by Crippen LogP contribution is 2.17. The molecule has 0 unspecified atom stereocenters. The minimum atomic E-state index is 0.140. The Hall–Kier alpha value is -1.35. The highest BCUT2D eigenvalue weighted by atomic mass is 16.1. The number of rotatable bonds is 6. The van der Waals surface area contributed by atoms with Gasteiger partial charge in [-0.2, -0.15) is 0 Å². The van der Waals surface area contributed by atoms with Crippen LogP contribution in [0.25, 0.3) is 0 Å². The molecule has 0 spiro atoms. The predicted molar refractivity (Wildman–Crippen MR) is 82.8 cm³/mol. The van der Waals surface area contributed by atoms with E-state index in [1.807, 2.05) is 0 Å². The fraction of sp³-hybridized carbons (Fsp3) is 0.588. The third kappa shape index (κ3) is 5.33. The largest absolute Gasteiger partial charge is 0.352 e. The van der Waals surface area contributed by atoms with Crippen LogP contribution in [0.3, 0.4) is 0 Å². The summed E-state index contributed by atoms with van der Waals surface area (Å²) in [6.45, 7) is 3.39.